The van der Waals surface area contributed by atoms with Crippen LogP contribution in [0.5, 0.6) is 0 Å². The maximum absolute atomic E-state index is 12.0. The summed E-state index contributed by atoms with van der Waals surface area (Å²) in [7, 11) is -0.526. The van der Waals surface area contributed by atoms with Gasteiger partial charge in [-0.2, -0.15) is 0 Å². The molecular weight excluding hydrogens is 272 g/mol. The summed E-state index contributed by atoms with van der Waals surface area (Å²) in [6.07, 6.45) is 0.846. The third-order valence-corrected chi connectivity index (χ3v) is 5.51. The van der Waals surface area contributed by atoms with Crippen LogP contribution in [-0.2, 0) is 10.0 Å². The van der Waals surface area contributed by atoms with Crippen molar-refractivity contribution < 1.29 is 13.2 Å². The summed E-state index contributed by atoms with van der Waals surface area (Å²) in [5, 5.41) is 2.73. The highest BCUT2D eigenvalue weighted by Crippen LogP contribution is 2.27. The number of carbonyl (C=O) groups excluding carboxylic acids is 1. The molecule has 0 atom stereocenters. The van der Waals surface area contributed by atoms with Crippen LogP contribution in [-0.4, -0.2) is 39.3 Å². The van der Waals surface area contributed by atoms with Gasteiger partial charge in [-0.15, -0.1) is 11.3 Å². The summed E-state index contributed by atoms with van der Waals surface area (Å²) >= 11 is 1.20. The second-order valence-electron chi connectivity index (χ2n) is 4.07. The highest BCUT2D eigenvalue weighted by Gasteiger charge is 2.24. The van der Waals surface area contributed by atoms with Crippen molar-refractivity contribution in [3.8, 4) is 0 Å². The SMILES string of the molecule is CCCNC(=O)c1cc(S(=O)(=O)N(C)C)c(C)s1. The Kier molecular flexibility index (Phi) is 4.89. The predicted molar refractivity (Wildman–Crippen MR) is 72.6 cm³/mol. The van der Waals surface area contributed by atoms with Gasteiger partial charge in [0.2, 0.25) is 10.0 Å². The van der Waals surface area contributed by atoms with Crippen LogP contribution in [0.2, 0.25) is 0 Å². The fraction of sp³-hybridized carbons (Fsp3) is 0.545. The van der Waals surface area contributed by atoms with Crippen molar-refractivity contribution in [2.24, 2.45) is 0 Å². The smallest absolute Gasteiger partial charge is 0.261 e. The van der Waals surface area contributed by atoms with Crippen LogP contribution in [0.3, 0.4) is 0 Å². The Morgan fingerprint density at radius 2 is 2.06 bits per heavy atom. The predicted octanol–water partition coefficient (Wildman–Crippen LogP) is 1.45. The number of sulfonamides is 1. The number of thiophene rings is 1. The Labute approximate surface area is 112 Å². The van der Waals surface area contributed by atoms with E-state index in [2.05, 4.69) is 5.32 Å². The number of amides is 1. The average Bonchev–Trinajstić information content (AvgIpc) is 2.68. The molecule has 0 fully saturated rings. The molecule has 1 amide bonds. The zero-order valence-electron chi connectivity index (χ0n) is 11.0. The molecule has 0 aliphatic rings. The van der Waals surface area contributed by atoms with Crippen molar-refractivity contribution in [1.29, 1.82) is 0 Å². The zero-order valence-corrected chi connectivity index (χ0v) is 12.6. The Morgan fingerprint density at radius 1 is 1.44 bits per heavy atom. The van der Waals surface area contributed by atoms with Gasteiger partial charge in [-0.25, -0.2) is 12.7 Å². The fourth-order valence-electron chi connectivity index (χ4n) is 1.36. The Balaban J connectivity index is 3.06. The lowest BCUT2D eigenvalue weighted by Crippen LogP contribution is -2.24. The van der Waals surface area contributed by atoms with Crippen LogP contribution in [0.4, 0.5) is 0 Å². The van der Waals surface area contributed by atoms with Gasteiger partial charge in [0.15, 0.2) is 0 Å². The van der Waals surface area contributed by atoms with E-state index in [1.54, 1.807) is 6.92 Å². The van der Waals surface area contributed by atoms with E-state index in [9.17, 15) is 13.2 Å². The Morgan fingerprint density at radius 3 is 2.56 bits per heavy atom. The molecule has 1 N–H and O–H groups in total. The van der Waals surface area contributed by atoms with Gasteiger partial charge in [0.25, 0.3) is 5.91 Å². The van der Waals surface area contributed by atoms with Crippen molar-refractivity contribution >= 4 is 27.3 Å². The molecule has 18 heavy (non-hydrogen) atoms. The monoisotopic (exact) mass is 290 g/mol. The van der Waals surface area contributed by atoms with Gasteiger partial charge in [0, 0.05) is 25.5 Å². The first kappa shape index (κ1) is 15.1. The van der Waals surface area contributed by atoms with Gasteiger partial charge in [-0.1, -0.05) is 6.92 Å². The third kappa shape index (κ3) is 3.09. The number of nitrogens with zero attached hydrogens (tertiary/aromatic N) is 1. The van der Waals surface area contributed by atoms with Crippen LogP contribution in [0, 0.1) is 6.92 Å². The van der Waals surface area contributed by atoms with Crippen LogP contribution >= 0.6 is 11.3 Å². The van der Waals surface area contributed by atoms with Gasteiger partial charge < -0.3 is 5.32 Å². The van der Waals surface area contributed by atoms with E-state index < -0.39 is 10.0 Å². The molecule has 0 aliphatic heterocycles. The lowest BCUT2D eigenvalue weighted by atomic mass is 10.4. The first-order chi connectivity index (χ1) is 8.30. The van der Waals surface area contributed by atoms with Crippen LogP contribution < -0.4 is 5.32 Å². The van der Waals surface area contributed by atoms with E-state index in [4.69, 9.17) is 0 Å². The highest BCUT2D eigenvalue weighted by atomic mass is 32.2. The lowest BCUT2D eigenvalue weighted by Gasteiger charge is -2.10. The number of aryl methyl sites for hydroxylation is 1. The van der Waals surface area contributed by atoms with Gasteiger partial charge >= 0.3 is 0 Å². The van der Waals surface area contributed by atoms with Crippen LogP contribution in [0.1, 0.15) is 27.9 Å². The molecule has 0 aliphatic carbocycles. The summed E-state index contributed by atoms with van der Waals surface area (Å²) < 4.78 is 25.2. The van der Waals surface area contributed by atoms with Gasteiger partial charge in [0.1, 0.15) is 0 Å². The van der Waals surface area contributed by atoms with Crippen molar-refractivity contribution in [2.75, 3.05) is 20.6 Å². The summed E-state index contributed by atoms with van der Waals surface area (Å²) in [5.74, 6) is -0.217. The molecule has 0 unspecified atom stereocenters. The molecule has 7 heteroatoms. The third-order valence-electron chi connectivity index (χ3n) is 2.39. The molecule has 0 spiro atoms. The molecule has 0 saturated carbocycles. The average molecular weight is 290 g/mol. The van der Waals surface area contributed by atoms with Crippen LogP contribution in [0.25, 0.3) is 0 Å². The normalized spacial score (nSPS) is 11.8. The molecular formula is C11H18N2O3S2. The molecule has 1 aromatic rings. The maximum Gasteiger partial charge on any atom is 0.261 e. The molecule has 1 aromatic heterocycles. The van der Waals surface area contributed by atoms with E-state index in [0.29, 0.717) is 16.3 Å². The zero-order chi connectivity index (χ0) is 13.9. The fourth-order valence-corrected chi connectivity index (χ4v) is 3.73. The number of rotatable bonds is 5. The van der Waals surface area contributed by atoms with E-state index >= 15 is 0 Å². The molecule has 0 radical (unpaired) electrons. The minimum Gasteiger partial charge on any atom is -0.351 e. The Bertz CT molecular complexity index is 532. The molecule has 1 rings (SSSR count). The van der Waals surface area contributed by atoms with Gasteiger partial charge in [-0.3, -0.25) is 4.79 Å². The molecule has 0 aromatic carbocycles. The van der Waals surface area contributed by atoms with Crippen molar-refractivity contribution in [3.63, 3.8) is 0 Å². The molecule has 5 nitrogen and oxygen atoms in total. The topological polar surface area (TPSA) is 66.5 Å². The van der Waals surface area contributed by atoms with E-state index in [1.165, 1.54) is 31.5 Å². The number of hydrogen-bond donors (Lipinski definition) is 1. The maximum atomic E-state index is 12.0. The first-order valence-corrected chi connectivity index (χ1v) is 7.87. The van der Waals surface area contributed by atoms with Gasteiger partial charge in [0.05, 0.1) is 9.77 Å². The van der Waals surface area contributed by atoms with E-state index in [0.717, 1.165) is 10.7 Å². The lowest BCUT2D eigenvalue weighted by molar-refractivity contribution is 0.0957. The highest BCUT2D eigenvalue weighted by molar-refractivity contribution is 7.89. The first-order valence-electron chi connectivity index (χ1n) is 5.61. The quantitative estimate of drug-likeness (QED) is 0.892. The summed E-state index contributed by atoms with van der Waals surface area (Å²) in [6.45, 7) is 4.26. The molecule has 1 heterocycles. The number of hydrogen-bond acceptors (Lipinski definition) is 4. The van der Waals surface area contributed by atoms with E-state index in [-0.39, 0.29) is 10.8 Å². The molecule has 0 bridgehead atoms. The second-order valence-corrected chi connectivity index (χ2v) is 7.45. The van der Waals surface area contributed by atoms with Gasteiger partial charge in [-0.05, 0) is 19.4 Å². The van der Waals surface area contributed by atoms with Crippen molar-refractivity contribution in [3.05, 3.63) is 15.8 Å². The molecule has 0 saturated heterocycles. The largest absolute Gasteiger partial charge is 0.351 e. The van der Waals surface area contributed by atoms with Crippen molar-refractivity contribution in [1.82, 2.24) is 9.62 Å². The number of nitrogens with one attached hydrogen (secondary N) is 1. The summed E-state index contributed by atoms with van der Waals surface area (Å²) in [5.41, 5.74) is 0. The van der Waals surface area contributed by atoms with Crippen molar-refractivity contribution in [2.45, 2.75) is 25.2 Å². The standard InChI is InChI=1S/C11H18N2O3S2/c1-5-6-12-11(14)9-7-10(8(2)17-9)18(15,16)13(3)4/h7H,5-6H2,1-4H3,(H,12,14). The van der Waals surface area contributed by atoms with Crippen LogP contribution in [0.15, 0.2) is 11.0 Å². The minimum atomic E-state index is -3.48. The summed E-state index contributed by atoms with van der Waals surface area (Å²) in [4.78, 5) is 13.0. The minimum absolute atomic E-state index is 0.208. The Hall–Kier alpha value is -0.920. The van der Waals surface area contributed by atoms with E-state index in [1.807, 2.05) is 6.92 Å². The number of carbonyl (C=O) groups is 1. The second kappa shape index (κ2) is 5.81. The molecule has 102 valence electrons. The summed E-state index contributed by atoms with van der Waals surface area (Å²) in [6, 6.07) is 1.44.